The van der Waals surface area contributed by atoms with E-state index in [-0.39, 0.29) is 5.97 Å². The number of hydrogen-bond donors (Lipinski definition) is 0. The molecule has 2 aromatic carbocycles. The van der Waals surface area contributed by atoms with Crippen molar-refractivity contribution >= 4 is 34.1 Å². The lowest BCUT2D eigenvalue weighted by atomic mass is 9.98. The number of aromatic nitrogens is 2. The van der Waals surface area contributed by atoms with Gasteiger partial charge in [0.2, 0.25) is 0 Å². The second-order valence-electron chi connectivity index (χ2n) is 6.66. The van der Waals surface area contributed by atoms with Gasteiger partial charge < -0.3 is 9.47 Å². The zero-order valence-electron chi connectivity index (χ0n) is 16.3. The lowest BCUT2D eigenvalue weighted by Crippen LogP contribution is -2.01. The molecule has 5 nitrogen and oxygen atoms in total. The fraction of sp³-hybridized carbons (Fsp3) is 0.130. The standard InChI is InChI=1S/C23H19IN2O3/c1-14-4-5-17(23(27)29-3)12-19(14)16-10-11-26-20(13-16)21(24)22(25-26)15-6-8-18(28-2)9-7-15/h4-13H,1-3H3. The molecule has 0 spiro atoms. The van der Waals surface area contributed by atoms with E-state index in [0.29, 0.717) is 5.56 Å². The average molecular weight is 498 g/mol. The minimum Gasteiger partial charge on any atom is -0.497 e. The Morgan fingerprint density at radius 1 is 1.00 bits per heavy atom. The van der Waals surface area contributed by atoms with Crippen molar-refractivity contribution in [3.63, 3.8) is 0 Å². The molecule has 0 bridgehead atoms. The maximum atomic E-state index is 11.9. The molecule has 0 saturated heterocycles. The number of halogens is 1. The van der Waals surface area contributed by atoms with Gasteiger partial charge in [-0.2, -0.15) is 5.10 Å². The van der Waals surface area contributed by atoms with Crippen molar-refractivity contribution in [2.75, 3.05) is 14.2 Å². The van der Waals surface area contributed by atoms with Crippen LogP contribution in [0, 0.1) is 10.5 Å². The molecule has 4 aromatic rings. The molecular weight excluding hydrogens is 479 g/mol. The molecule has 0 aliphatic heterocycles. The van der Waals surface area contributed by atoms with Crippen molar-refractivity contribution in [2.24, 2.45) is 0 Å². The first kappa shape index (κ1) is 19.4. The molecule has 0 saturated carbocycles. The molecule has 0 aliphatic carbocycles. The van der Waals surface area contributed by atoms with Crippen LogP contribution in [0.15, 0.2) is 60.8 Å². The maximum absolute atomic E-state index is 11.9. The number of rotatable bonds is 4. The van der Waals surface area contributed by atoms with Gasteiger partial charge in [-0.1, -0.05) is 6.07 Å². The second kappa shape index (κ2) is 7.87. The summed E-state index contributed by atoms with van der Waals surface area (Å²) in [6, 6.07) is 17.6. The molecule has 0 atom stereocenters. The minimum atomic E-state index is -0.340. The second-order valence-corrected chi connectivity index (χ2v) is 7.74. The van der Waals surface area contributed by atoms with Gasteiger partial charge in [0.15, 0.2) is 0 Å². The van der Waals surface area contributed by atoms with Crippen LogP contribution in [0.3, 0.4) is 0 Å². The van der Waals surface area contributed by atoms with E-state index in [4.69, 9.17) is 14.6 Å². The van der Waals surface area contributed by atoms with Crippen molar-refractivity contribution in [1.29, 1.82) is 0 Å². The van der Waals surface area contributed by atoms with Gasteiger partial charge in [0.1, 0.15) is 11.4 Å². The van der Waals surface area contributed by atoms with Crippen LogP contribution in [0.2, 0.25) is 0 Å². The van der Waals surface area contributed by atoms with E-state index in [0.717, 1.165) is 42.8 Å². The van der Waals surface area contributed by atoms with Crippen LogP contribution in [0.4, 0.5) is 0 Å². The summed E-state index contributed by atoms with van der Waals surface area (Å²) in [5.41, 5.74) is 6.62. The predicted molar refractivity (Wildman–Crippen MR) is 121 cm³/mol. The van der Waals surface area contributed by atoms with Crippen LogP contribution < -0.4 is 4.74 Å². The molecule has 0 N–H and O–H groups in total. The highest BCUT2D eigenvalue weighted by Gasteiger charge is 2.15. The van der Waals surface area contributed by atoms with Gasteiger partial charge in [0, 0.05) is 11.8 Å². The molecule has 146 valence electrons. The number of pyridine rings is 1. The summed E-state index contributed by atoms with van der Waals surface area (Å²) in [5, 5.41) is 4.75. The highest BCUT2D eigenvalue weighted by Crippen LogP contribution is 2.32. The van der Waals surface area contributed by atoms with Crippen LogP contribution in [0.5, 0.6) is 5.75 Å². The number of aryl methyl sites for hydroxylation is 1. The number of esters is 1. The van der Waals surface area contributed by atoms with Crippen molar-refractivity contribution in [3.05, 3.63) is 75.5 Å². The number of fused-ring (bicyclic) bond motifs is 1. The van der Waals surface area contributed by atoms with Crippen molar-refractivity contribution in [1.82, 2.24) is 9.61 Å². The molecule has 4 rings (SSSR count). The monoisotopic (exact) mass is 498 g/mol. The van der Waals surface area contributed by atoms with Crippen LogP contribution >= 0.6 is 22.6 Å². The Morgan fingerprint density at radius 2 is 1.76 bits per heavy atom. The molecule has 29 heavy (non-hydrogen) atoms. The number of ether oxygens (including phenoxy) is 2. The Labute approximate surface area is 182 Å². The number of hydrogen-bond acceptors (Lipinski definition) is 4. The van der Waals surface area contributed by atoms with E-state index in [2.05, 4.69) is 28.7 Å². The van der Waals surface area contributed by atoms with Crippen molar-refractivity contribution in [2.45, 2.75) is 6.92 Å². The zero-order valence-corrected chi connectivity index (χ0v) is 18.4. The highest BCUT2D eigenvalue weighted by atomic mass is 127. The molecule has 2 aromatic heterocycles. The maximum Gasteiger partial charge on any atom is 0.337 e. The molecule has 0 amide bonds. The summed E-state index contributed by atoms with van der Waals surface area (Å²) in [7, 11) is 3.05. The van der Waals surface area contributed by atoms with E-state index >= 15 is 0 Å². The summed E-state index contributed by atoms with van der Waals surface area (Å²) in [6.45, 7) is 2.03. The topological polar surface area (TPSA) is 52.8 Å². The van der Waals surface area contributed by atoms with Gasteiger partial charge >= 0.3 is 5.97 Å². The third-order valence-corrected chi connectivity index (χ3v) is 5.97. The normalized spacial score (nSPS) is 10.9. The Hall–Kier alpha value is -2.87. The van der Waals surface area contributed by atoms with Gasteiger partial charge in [0.25, 0.3) is 0 Å². The first-order valence-electron chi connectivity index (χ1n) is 9.03. The molecule has 0 aliphatic rings. The third-order valence-electron chi connectivity index (χ3n) is 4.91. The predicted octanol–water partition coefficient (Wildman–Crippen LogP) is 5.38. The number of carbonyl (C=O) groups excluding carboxylic acids is 1. The fourth-order valence-electron chi connectivity index (χ4n) is 3.30. The van der Waals surface area contributed by atoms with Crippen molar-refractivity contribution < 1.29 is 14.3 Å². The Balaban J connectivity index is 1.81. The summed E-state index contributed by atoms with van der Waals surface area (Å²) in [6.07, 6.45) is 1.95. The Morgan fingerprint density at radius 3 is 2.45 bits per heavy atom. The number of methoxy groups -OCH3 is 2. The zero-order chi connectivity index (χ0) is 20.5. The van der Waals surface area contributed by atoms with E-state index in [1.807, 2.05) is 60.1 Å². The van der Waals surface area contributed by atoms with E-state index in [9.17, 15) is 4.79 Å². The van der Waals surface area contributed by atoms with E-state index in [1.165, 1.54) is 7.11 Å². The Kier molecular flexibility index (Phi) is 5.27. The molecule has 0 unspecified atom stereocenters. The third kappa shape index (κ3) is 3.60. The molecule has 6 heteroatoms. The summed E-state index contributed by atoms with van der Waals surface area (Å²) >= 11 is 2.33. The van der Waals surface area contributed by atoms with E-state index in [1.54, 1.807) is 13.2 Å². The van der Waals surface area contributed by atoms with Crippen LogP contribution in [-0.4, -0.2) is 29.8 Å². The van der Waals surface area contributed by atoms with Gasteiger partial charge in [-0.15, -0.1) is 0 Å². The van der Waals surface area contributed by atoms with Crippen molar-refractivity contribution in [3.8, 4) is 28.1 Å². The highest BCUT2D eigenvalue weighted by molar-refractivity contribution is 14.1. The van der Waals surface area contributed by atoms with E-state index < -0.39 is 0 Å². The van der Waals surface area contributed by atoms with Crippen LogP contribution in [-0.2, 0) is 4.74 Å². The molecule has 0 radical (unpaired) electrons. The minimum absolute atomic E-state index is 0.340. The quantitative estimate of drug-likeness (QED) is 0.280. The first-order chi connectivity index (χ1) is 14.0. The smallest absolute Gasteiger partial charge is 0.337 e. The first-order valence-corrected chi connectivity index (χ1v) is 10.1. The lowest BCUT2D eigenvalue weighted by Gasteiger charge is -2.09. The molecule has 0 fully saturated rings. The van der Waals surface area contributed by atoms with Gasteiger partial charge in [0.05, 0.1) is 28.9 Å². The molecular formula is C23H19IN2O3. The largest absolute Gasteiger partial charge is 0.497 e. The average Bonchev–Trinajstić information content (AvgIpc) is 3.09. The summed E-state index contributed by atoms with van der Waals surface area (Å²) in [5.74, 6) is 0.476. The summed E-state index contributed by atoms with van der Waals surface area (Å²) < 4.78 is 13.1. The summed E-state index contributed by atoms with van der Waals surface area (Å²) in [4.78, 5) is 11.9. The van der Waals surface area contributed by atoms with Gasteiger partial charge in [-0.25, -0.2) is 9.31 Å². The lowest BCUT2D eigenvalue weighted by molar-refractivity contribution is 0.0601. The number of carbonyl (C=O) groups is 1. The van der Waals surface area contributed by atoms with Gasteiger partial charge in [-0.3, -0.25) is 0 Å². The van der Waals surface area contributed by atoms with Crippen LogP contribution in [0.1, 0.15) is 15.9 Å². The van der Waals surface area contributed by atoms with Gasteiger partial charge in [-0.05, 0) is 94.7 Å². The number of nitrogens with zero attached hydrogens (tertiary/aromatic N) is 2. The molecule has 2 heterocycles. The Bertz CT molecular complexity index is 1210. The fourth-order valence-corrected chi connectivity index (χ4v) is 4.12. The SMILES string of the molecule is COC(=O)c1ccc(C)c(-c2ccn3nc(-c4ccc(OC)cc4)c(I)c3c2)c1. The number of benzene rings is 2. The van der Waals surface area contributed by atoms with Crippen LogP contribution in [0.25, 0.3) is 27.9 Å².